The molecular weight excluding hydrogens is 236 g/mol. The fourth-order valence-electron chi connectivity index (χ4n) is 2.77. The number of hydrogen-bond donors (Lipinski definition) is 1. The van der Waals surface area contributed by atoms with Crippen molar-refractivity contribution in [1.82, 2.24) is 9.27 Å². The topological polar surface area (TPSA) is 53.4 Å². The molecule has 1 aromatic heterocycles. The maximum Gasteiger partial charge on any atom is 0.265 e. The molecule has 0 aromatic carbocycles. The van der Waals surface area contributed by atoms with Gasteiger partial charge >= 0.3 is 0 Å². The Labute approximate surface area is 104 Å². The summed E-state index contributed by atoms with van der Waals surface area (Å²) in [5.41, 5.74) is -0.652. The van der Waals surface area contributed by atoms with E-state index in [4.69, 9.17) is 0 Å². The normalized spacial score (nSPS) is 33.1. The lowest BCUT2D eigenvalue weighted by Gasteiger charge is -2.26. The van der Waals surface area contributed by atoms with Gasteiger partial charge in [-0.05, 0) is 36.4 Å². The summed E-state index contributed by atoms with van der Waals surface area (Å²) in [5.74, 6) is 0.583. The fourth-order valence-corrected chi connectivity index (χ4v) is 3.33. The summed E-state index contributed by atoms with van der Waals surface area (Å²) in [6, 6.07) is 1.74. The molecule has 17 heavy (non-hydrogen) atoms. The first-order valence-electron chi connectivity index (χ1n) is 6.03. The fraction of sp³-hybridized carbons (Fsp3) is 0.667. The van der Waals surface area contributed by atoms with Crippen LogP contribution in [-0.2, 0) is 0 Å². The summed E-state index contributed by atoms with van der Waals surface area (Å²) in [6.07, 6.45) is 3.84. The first kappa shape index (κ1) is 11.2. The Kier molecular flexibility index (Phi) is 2.48. The standard InChI is InChI=1S/C12H16N2O2S/c1-8-6-14(7-12(8,16)9-2-3-9)11(15)10-4-5-13-17-10/h4-5,8-9,16H,2-3,6-7H2,1H3. The van der Waals surface area contributed by atoms with E-state index in [1.807, 2.05) is 6.92 Å². The quantitative estimate of drug-likeness (QED) is 0.865. The monoisotopic (exact) mass is 252 g/mol. The van der Waals surface area contributed by atoms with Gasteiger partial charge in [0.1, 0.15) is 4.88 Å². The largest absolute Gasteiger partial charge is 0.387 e. The number of carbonyl (C=O) groups is 1. The van der Waals surface area contributed by atoms with Crippen molar-refractivity contribution in [2.45, 2.75) is 25.4 Å². The molecule has 1 aliphatic heterocycles. The number of rotatable bonds is 2. The highest BCUT2D eigenvalue weighted by Gasteiger charge is 2.53. The van der Waals surface area contributed by atoms with Crippen LogP contribution in [-0.4, -0.2) is 39.0 Å². The molecule has 3 rings (SSSR count). The van der Waals surface area contributed by atoms with E-state index in [1.54, 1.807) is 17.2 Å². The molecule has 0 bridgehead atoms. The summed E-state index contributed by atoms with van der Waals surface area (Å²) < 4.78 is 3.95. The Hall–Kier alpha value is -0.940. The minimum Gasteiger partial charge on any atom is -0.387 e. The molecule has 5 heteroatoms. The smallest absolute Gasteiger partial charge is 0.265 e. The number of carbonyl (C=O) groups excluding carboxylic acids is 1. The van der Waals surface area contributed by atoms with E-state index < -0.39 is 5.60 Å². The van der Waals surface area contributed by atoms with Gasteiger partial charge in [-0.2, -0.15) is 0 Å². The third kappa shape index (κ3) is 1.77. The van der Waals surface area contributed by atoms with Crippen LogP contribution < -0.4 is 0 Å². The number of aromatic nitrogens is 1. The predicted octanol–water partition coefficient (Wildman–Crippen LogP) is 1.38. The summed E-state index contributed by atoms with van der Waals surface area (Å²) in [6.45, 7) is 3.18. The van der Waals surface area contributed by atoms with Crippen LogP contribution in [0.2, 0.25) is 0 Å². The Bertz CT molecular complexity index is 430. The number of aliphatic hydroxyl groups is 1. The molecule has 4 nitrogen and oxygen atoms in total. The molecule has 1 saturated heterocycles. The maximum absolute atomic E-state index is 12.2. The van der Waals surface area contributed by atoms with Crippen molar-refractivity contribution in [3.63, 3.8) is 0 Å². The number of β-amino-alcohol motifs (C(OH)–C–C–N with tert-alkyl or cyclic N) is 1. The van der Waals surface area contributed by atoms with Crippen LogP contribution in [0.15, 0.2) is 12.3 Å². The van der Waals surface area contributed by atoms with Gasteiger partial charge in [0.2, 0.25) is 0 Å². The molecule has 0 spiro atoms. The Morgan fingerprint density at radius 3 is 3.00 bits per heavy atom. The minimum atomic E-state index is -0.652. The van der Waals surface area contributed by atoms with Crippen molar-refractivity contribution in [2.75, 3.05) is 13.1 Å². The lowest BCUT2D eigenvalue weighted by molar-refractivity contribution is -0.00361. The van der Waals surface area contributed by atoms with Crippen molar-refractivity contribution in [2.24, 2.45) is 11.8 Å². The second kappa shape index (κ2) is 3.78. The van der Waals surface area contributed by atoms with E-state index in [9.17, 15) is 9.90 Å². The zero-order valence-electron chi connectivity index (χ0n) is 9.80. The Balaban J connectivity index is 1.77. The lowest BCUT2D eigenvalue weighted by atomic mass is 9.88. The predicted molar refractivity (Wildman–Crippen MR) is 64.9 cm³/mol. The first-order valence-corrected chi connectivity index (χ1v) is 6.81. The molecule has 1 N–H and O–H groups in total. The van der Waals surface area contributed by atoms with Gasteiger partial charge in [-0.25, -0.2) is 4.37 Å². The average Bonchev–Trinajstić information content (AvgIpc) is 2.94. The molecule has 2 unspecified atom stereocenters. The highest BCUT2D eigenvalue weighted by atomic mass is 32.1. The number of amides is 1. The van der Waals surface area contributed by atoms with Crippen LogP contribution in [0.3, 0.4) is 0 Å². The van der Waals surface area contributed by atoms with Crippen molar-refractivity contribution in [3.05, 3.63) is 17.1 Å². The number of likely N-dealkylation sites (tertiary alicyclic amines) is 1. The van der Waals surface area contributed by atoms with Crippen molar-refractivity contribution >= 4 is 17.4 Å². The van der Waals surface area contributed by atoms with Gasteiger partial charge in [0.25, 0.3) is 5.91 Å². The maximum atomic E-state index is 12.2. The Morgan fingerprint density at radius 1 is 1.65 bits per heavy atom. The van der Waals surface area contributed by atoms with Gasteiger partial charge in [-0.3, -0.25) is 4.79 Å². The molecule has 1 amide bonds. The zero-order valence-corrected chi connectivity index (χ0v) is 10.6. The molecule has 2 aliphatic rings. The lowest BCUT2D eigenvalue weighted by Crippen LogP contribution is -2.40. The van der Waals surface area contributed by atoms with E-state index in [1.165, 1.54) is 11.5 Å². The molecule has 1 aliphatic carbocycles. The number of nitrogens with zero attached hydrogens (tertiary/aromatic N) is 2. The van der Waals surface area contributed by atoms with Crippen LogP contribution in [0.25, 0.3) is 0 Å². The SMILES string of the molecule is CC1CN(C(=O)c2ccns2)CC1(O)C1CC1. The van der Waals surface area contributed by atoms with E-state index in [-0.39, 0.29) is 11.8 Å². The van der Waals surface area contributed by atoms with E-state index in [0.29, 0.717) is 23.9 Å². The van der Waals surface area contributed by atoms with Crippen LogP contribution >= 0.6 is 11.5 Å². The van der Waals surface area contributed by atoms with Gasteiger partial charge in [0.05, 0.1) is 12.1 Å². The van der Waals surface area contributed by atoms with E-state index in [2.05, 4.69) is 4.37 Å². The van der Waals surface area contributed by atoms with Gasteiger partial charge in [0, 0.05) is 18.7 Å². The summed E-state index contributed by atoms with van der Waals surface area (Å²) in [5, 5.41) is 10.6. The van der Waals surface area contributed by atoms with E-state index >= 15 is 0 Å². The first-order chi connectivity index (χ1) is 8.11. The number of hydrogen-bond acceptors (Lipinski definition) is 4. The second-order valence-corrected chi connectivity index (χ2v) is 6.06. The van der Waals surface area contributed by atoms with Crippen LogP contribution in [0.4, 0.5) is 0 Å². The van der Waals surface area contributed by atoms with Crippen molar-refractivity contribution < 1.29 is 9.90 Å². The average molecular weight is 252 g/mol. The highest BCUT2D eigenvalue weighted by Crippen LogP contribution is 2.47. The second-order valence-electron chi connectivity index (χ2n) is 5.23. The van der Waals surface area contributed by atoms with Gasteiger partial charge in [-0.15, -0.1) is 0 Å². The zero-order chi connectivity index (χ0) is 12.0. The molecule has 0 radical (unpaired) electrons. The molecule has 92 valence electrons. The molecule has 2 atom stereocenters. The molecule has 1 aromatic rings. The third-order valence-corrected chi connectivity index (χ3v) is 4.75. The molecule has 2 fully saturated rings. The minimum absolute atomic E-state index is 0.0101. The summed E-state index contributed by atoms with van der Waals surface area (Å²) in [7, 11) is 0. The highest BCUT2D eigenvalue weighted by molar-refractivity contribution is 7.08. The Morgan fingerprint density at radius 2 is 2.41 bits per heavy atom. The van der Waals surface area contributed by atoms with E-state index in [0.717, 1.165) is 12.8 Å². The van der Waals surface area contributed by atoms with Gasteiger partial charge in [-0.1, -0.05) is 6.92 Å². The molecular formula is C12H16N2O2S. The van der Waals surface area contributed by atoms with Gasteiger partial charge < -0.3 is 10.0 Å². The van der Waals surface area contributed by atoms with Gasteiger partial charge in [0.15, 0.2) is 0 Å². The summed E-state index contributed by atoms with van der Waals surface area (Å²) in [4.78, 5) is 14.6. The summed E-state index contributed by atoms with van der Waals surface area (Å²) >= 11 is 1.22. The molecule has 2 heterocycles. The third-order valence-electron chi connectivity index (χ3n) is 4.01. The van der Waals surface area contributed by atoms with Crippen LogP contribution in [0, 0.1) is 11.8 Å². The van der Waals surface area contributed by atoms with Crippen LogP contribution in [0.1, 0.15) is 29.4 Å². The van der Waals surface area contributed by atoms with Crippen LogP contribution in [0.5, 0.6) is 0 Å². The van der Waals surface area contributed by atoms with Crippen molar-refractivity contribution in [1.29, 1.82) is 0 Å². The van der Waals surface area contributed by atoms with Crippen molar-refractivity contribution in [3.8, 4) is 0 Å². The molecule has 1 saturated carbocycles.